The molecule has 0 saturated carbocycles. The Hall–Kier alpha value is -1.35. The molecule has 102 valence electrons. The molecule has 0 aliphatic carbocycles. The maximum atomic E-state index is 12.3. The van der Waals surface area contributed by atoms with Gasteiger partial charge < -0.3 is 5.32 Å². The molecule has 1 rings (SSSR count). The largest absolute Gasteiger partial charge is 0.433 e. The Bertz CT molecular complexity index is 502. The van der Waals surface area contributed by atoms with Gasteiger partial charge in [-0.1, -0.05) is 6.07 Å². The molecule has 1 aromatic heterocycles. The van der Waals surface area contributed by atoms with Crippen LogP contribution in [-0.4, -0.2) is 32.7 Å². The number of hydrogen-bond donors (Lipinski definition) is 2. The highest BCUT2D eigenvalue weighted by molar-refractivity contribution is 7.89. The predicted molar refractivity (Wildman–Crippen MR) is 60.6 cm³/mol. The van der Waals surface area contributed by atoms with Crippen molar-refractivity contribution < 1.29 is 21.6 Å². The van der Waals surface area contributed by atoms with E-state index in [2.05, 4.69) is 15.0 Å². The fourth-order valence-electron chi connectivity index (χ4n) is 1.11. The average Bonchev–Trinajstić information content (AvgIpc) is 2.28. The Balaban J connectivity index is 2.64. The number of rotatable bonds is 5. The van der Waals surface area contributed by atoms with Gasteiger partial charge in [0.25, 0.3) is 0 Å². The maximum absolute atomic E-state index is 12.3. The normalized spacial score (nSPS) is 12.4. The van der Waals surface area contributed by atoms with Crippen LogP contribution in [0.5, 0.6) is 0 Å². The van der Waals surface area contributed by atoms with Crippen LogP contribution in [0.2, 0.25) is 0 Å². The third-order valence-corrected chi connectivity index (χ3v) is 3.39. The summed E-state index contributed by atoms with van der Waals surface area (Å²) in [6.45, 7) is -0.0303. The van der Waals surface area contributed by atoms with Crippen molar-refractivity contribution in [3.63, 3.8) is 0 Å². The second-order valence-corrected chi connectivity index (χ2v) is 5.40. The Labute approximate surface area is 102 Å². The second-order valence-electron chi connectivity index (χ2n) is 3.36. The summed E-state index contributed by atoms with van der Waals surface area (Å²) in [6.07, 6.45) is -4.52. The van der Waals surface area contributed by atoms with Crippen LogP contribution in [0.4, 0.5) is 19.0 Å². The number of halogens is 3. The van der Waals surface area contributed by atoms with Crippen molar-refractivity contribution in [1.29, 1.82) is 0 Å². The lowest BCUT2D eigenvalue weighted by Crippen LogP contribution is -2.26. The highest BCUT2D eigenvalue weighted by Crippen LogP contribution is 2.27. The summed E-state index contributed by atoms with van der Waals surface area (Å²) >= 11 is 0. The third-order valence-electron chi connectivity index (χ3n) is 2.03. The Morgan fingerprint density at radius 2 is 2.00 bits per heavy atom. The van der Waals surface area contributed by atoms with Crippen LogP contribution in [0.25, 0.3) is 0 Å². The summed E-state index contributed by atoms with van der Waals surface area (Å²) < 4.78 is 61.2. The molecule has 1 aromatic rings. The molecule has 5 nitrogen and oxygen atoms in total. The molecule has 0 aromatic carbocycles. The van der Waals surface area contributed by atoms with E-state index in [1.807, 2.05) is 0 Å². The first-order valence-electron chi connectivity index (χ1n) is 4.94. The van der Waals surface area contributed by atoms with E-state index in [1.165, 1.54) is 19.2 Å². The van der Waals surface area contributed by atoms with Gasteiger partial charge in [-0.25, -0.2) is 18.1 Å². The molecule has 9 heteroatoms. The number of hydrogen-bond acceptors (Lipinski definition) is 4. The van der Waals surface area contributed by atoms with Gasteiger partial charge in [0.05, 0.1) is 5.75 Å². The summed E-state index contributed by atoms with van der Waals surface area (Å²) in [5, 5.41) is 2.52. The Morgan fingerprint density at radius 1 is 1.33 bits per heavy atom. The van der Waals surface area contributed by atoms with Crippen molar-refractivity contribution in [2.24, 2.45) is 0 Å². The van der Waals surface area contributed by atoms with E-state index >= 15 is 0 Å². The summed E-state index contributed by atoms with van der Waals surface area (Å²) in [5.41, 5.74) is -1.02. The lowest BCUT2D eigenvalue weighted by Gasteiger charge is -2.09. The van der Waals surface area contributed by atoms with Gasteiger partial charge in [0.15, 0.2) is 0 Å². The Kier molecular flexibility index (Phi) is 4.52. The van der Waals surface area contributed by atoms with E-state index in [4.69, 9.17) is 0 Å². The standard InChI is InChI=1S/C9H12F3N3O2S/c1-13-18(16,17)6-5-14-8-4-2-3-7(15-8)9(10,11)12/h2-4,13H,5-6H2,1H3,(H,14,15). The number of anilines is 1. The SMILES string of the molecule is CNS(=O)(=O)CCNc1cccc(C(F)(F)F)n1. The molecule has 0 unspecified atom stereocenters. The van der Waals surface area contributed by atoms with Crippen LogP contribution in [0.15, 0.2) is 18.2 Å². The number of sulfonamides is 1. The lowest BCUT2D eigenvalue weighted by molar-refractivity contribution is -0.141. The van der Waals surface area contributed by atoms with Crippen LogP contribution in [0.3, 0.4) is 0 Å². The molecule has 1 heterocycles. The van der Waals surface area contributed by atoms with Gasteiger partial charge in [-0.05, 0) is 19.2 Å². The van der Waals surface area contributed by atoms with Crippen LogP contribution >= 0.6 is 0 Å². The van der Waals surface area contributed by atoms with E-state index in [0.29, 0.717) is 0 Å². The minimum atomic E-state index is -4.52. The van der Waals surface area contributed by atoms with Crippen molar-refractivity contribution in [1.82, 2.24) is 9.71 Å². The maximum Gasteiger partial charge on any atom is 0.433 e. The van der Waals surface area contributed by atoms with Gasteiger partial charge in [-0.2, -0.15) is 13.2 Å². The molecule has 0 spiro atoms. The number of pyridine rings is 1. The van der Waals surface area contributed by atoms with Crippen molar-refractivity contribution in [2.45, 2.75) is 6.18 Å². The van der Waals surface area contributed by atoms with E-state index in [1.54, 1.807) is 0 Å². The molecular formula is C9H12F3N3O2S. The summed E-state index contributed by atoms with van der Waals surface area (Å²) in [6, 6.07) is 3.38. The molecular weight excluding hydrogens is 271 g/mol. The number of nitrogens with zero attached hydrogens (tertiary/aromatic N) is 1. The first kappa shape index (κ1) is 14.7. The number of nitrogens with one attached hydrogen (secondary N) is 2. The van der Waals surface area contributed by atoms with Crippen molar-refractivity contribution in [3.05, 3.63) is 23.9 Å². The van der Waals surface area contributed by atoms with Crippen LogP contribution in [0, 0.1) is 0 Å². The zero-order valence-corrected chi connectivity index (χ0v) is 10.3. The number of alkyl halides is 3. The number of aromatic nitrogens is 1. The second kappa shape index (κ2) is 5.53. The van der Waals surface area contributed by atoms with Crippen LogP contribution in [-0.2, 0) is 16.2 Å². The van der Waals surface area contributed by atoms with Crippen LogP contribution in [0.1, 0.15) is 5.69 Å². The van der Waals surface area contributed by atoms with Gasteiger partial charge in [0.1, 0.15) is 11.5 Å². The lowest BCUT2D eigenvalue weighted by atomic mass is 10.3. The van der Waals surface area contributed by atoms with Crippen molar-refractivity contribution in [2.75, 3.05) is 24.7 Å². The zero-order chi connectivity index (χ0) is 13.8. The summed E-state index contributed by atoms with van der Waals surface area (Å²) in [4.78, 5) is 3.34. The van der Waals surface area contributed by atoms with Gasteiger partial charge in [0.2, 0.25) is 10.0 Å². The van der Waals surface area contributed by atoms with E-state index < -0.39 is 21.9 Å². The van der Waals surface area contributed by atoms with Gasteiger partial charge in [-0.3, -0.25) is 0 Å². The molecule has 2 N–H and O–H groups in total. The molecule has 0 amide bonds. The highest BCUT2D eigenvalue weighted by Gasteiger charge is 2.32. The zero-order valence-electron chi connectivity index (χ0n) is 9.45. The fraction of sp³-hybridized carbons (Fsp3) is 0.444. The minimum Gasteiger partial charge on any atom is -0.369 e. The molecule has 0 radical (unpaired) electrons. The molecule has 0 saturated heterocycles. The smallest absolute Gasteiger partial charge is 0.369 e. The quantitative estimate of drug-likeness (QED) is 0.847. The van der Waals surface area contributed by atoms with E-state index in [9.17, 15) is 21.6 Å². The van der Waals surface area contributed by atoms with E-state index in [0.717, 1.165) is 6.07 Å². The average molecular weight is 283 g/mol. The Morgan fingerprint density at radius 3 is 2.56 bits per heavy atom. The summed E-state index contributed by atoms with van der Waals surface area (Å²) in [7, 11) is -2.13. The van der Waals surface area contributed by atoms with Crippen molar-refractivity contribution >= 4 is 15.8 Å². The monoisotopic (exact) mass is 283 g/mol. The molecule has 0 bridgehead atoms. The minimum absolute atomic E-state index is 0.0175. The third kappa shape index (κ3) is 4.49. The van der Waals surface area contributed by atoms with Gasteiger partial charge in [-0.15, -0.1) is 0 Å². The van der Waals surface area contributed by atoms with Gasteiger partial charge >= 0.3 is 6.18 Å². The first-order valence-corrected chi connectivity index (χ1v) is 6.59. The predicted octanol–water partition coefficient (Wildman–Crippen LogP) is 1.06. The molecule has 18 heavy (non-hydrogen) atoms. The molecule has 0 atom stereocenters. The fourth-order valence-corrected chi connectivity index (χ4v) is 1.68. The molecule has 0 aliphatic heterocycles. The van der Waals surface area contributed by atoms with Crippen molar-refractivity contribution in [3.8, 4) is 0 Å². The van der Waals surface area contributed by atoms with E-state index in [-0.39, 0.29) is 18.1 Å². The highest BCUT2D eigenvalue weighted by atomic mass is 32.2. The van der Waals surface area contributed by atoms with Gasteiger partial charge in [0, 0.05) is 6.54 Å². The molecule has 0 fully saturated rings. The van der Waals surface area contributed by atoms with Crippen LogP contribution < -0.4 is 10.0 Å². The first-order chi connectivity index (χ1) is 8.24. The topological polar surface area (TPSA) is 71.1 Å². The molecule has 0 aliphatic rings. The summed E-state index contributed by atoms with van der Waals surface area (Å²) in [5.74, 6) is -0.266.